The first kappa shape index (κ1) is 53.6. The Morgan fingerprint density at radius 2 is 1.41 bits per heavy atom. The highest BCUT2D eigenvalue weighted by Crippen LogP contribution is 2.46. The molecule has 80 heavy (non-hydrogen) atoms. The van der Waals surface area contributed by atoms with E-state index in [1.807, 2.05) is 170 Å². The maximum atomic E-state index is 14.8. The predicted octanol–water partition coefficient (Wildman–Crippen LogP) is 10.5. The second kappa shape index (κ2) is 24.3. The van der Waals surface area contributed by atoms with Crippen LogP contribution < -0.4 is 15.4 Å². The van der Waals surface area contributed by atoms with Gasteiger partial charge in [-0.1, -0.05) is 181 Å². The lowest BCUT2D eigenvalue weighted by Gasteiger charge is -2.54. The zero-order chi connectivity index (χ0) is 54.9. The lowest BCUT2D eigenvalue weighted by atomic mass is 9.77. The fourth-order valence-corrected chi connectivity index (χ4v) is 14.3. The van der Waals surface area contributed by atoms with E-state index in [0.29, 0.717) is 10.9 Å². The number of carbonyl (C=O) groups excluding carboxylic acids is 4. The number of β-lactam (4-membered cyclic amide) rings is 1. The van der Waals surface area contributed by atoms with Gasteiger partial charge >= 0.3 is 11.9 Å². The van der Waals surface area contributed by atoms with Gasteiger partial charge in [-0.25, -0.2) is 14.8 Å². The van der Waals surface area contributed by atoms with Crippen LogP contribution in [0.5, 0.6) is 5.75 Å². The Balaban J connectivity index is 0.861. The van der Waals surface area contributed by atoms with E-state index in [2.05, 4.69) is 20.8 Å². The van der Waals surface area contributed by atoms with E-state index in [1.165, 1.54) is 46.2 Å². The number of benzene rings is 6. The molecule has 15 nitrogen and oxygen atoms in total. The number of hydrogen-bond donors (Lipinski definition) is 2. The van der Waals surface area contributed by atoms with Crippen molar-refractivity contribution in [1.29, 1.82) is 0 Å². The lowest BCUT2D eigenvalue weighted by molar-refractivity contribution is -0.162. The minimum absolute atomic E-state index is 0.0188. The number of carbonyl (C=O) groups is 4. The van der Waals surface area contributed by atoms with Gasteiger partial charge in [0, 0.05) is 35.8 Å². The largest absolute Gasteiger partial charge is 0.497 e. The number of amides is 2. The minimum atomic E-state index is -1.13. The molecule has 19 heteroatoms. The van der Waals surface area contributed by atoms with Gasteiger partial charge < -0.3 is 34.6 Å². The standard InChI is InChI=1S/C61H51N7O8S4/c1-73-46-29-27-40(28-30-46)34-74-57(72)60(39-79-59-64-47-31-32-62-33-49(47)80-59)37-68-55(71)52(56(68)78-38-60)65-54(70)51(67-75-35-50(69)76-53(41-17-7-2-8-18-41)42-19-9-3-10-20-42)48-36-77-58(63-48)66-61(43-21-11-4-12-22-43,44-23-13-5-14-24-44)45-25-15-6-16-26-45/h2-33,36,52-53,56H,34-35,37-39H2,1H3,(H,63,66)(H,65,70)/t52?,56-,60?/m1/s1. The van der Waals surface area contributed by atoms with Crippen LogP contribution in [0.25, 0.3) is 10.2 Å². The molecule has 3 atom stereocenters. The highest BCUT2D eigenvalue weighted by atomic mass is 32.2. The number of thiazole rings is 2. The van der Waals surface area contributed by atoms with Crippen molar-refractivity contribution in [1.82, 2.24) is 25.2 Å². The summed E-state index contributed by atoms with van der Waals surface area (Å²) in [6, 6.07) is 56.8. The number of anilines is 1. The van der Waals surface area contributed by atoms with Crippen LogP contribution in [0.4, 0.5) is 5.13 Å². The Labute approximate surface area is 477 Å². The molecule has 9 aromatic rings. The fourth-order valence-electron chi connectivity index (χ4n) is 9.64. The zero-order valence-corrected chi connectivity index (χ0v) is 46.2. The van der Waals surface area contributed by atoms with Gasteiger partial charge in [-0.15, -0.1) is 34.4 Å². The van der Waals surface area contributed by atoms with Gasteiger partial charge in [-0.05, 0) is 51.6 Å². The number of ether oxygens (including phenoxy) is 3. The number of thioether (sulfide) groups is 2. The average molecular weight is 1140 g/mol. The molecule has 3 aromatic heterocycles. The van der Waals surface area contributed by atoms with Crippen molar-refractivity contribution in [3.05, 3.63) is 239 Å². The maximum Gasteiger partial charge on any atom is 0.347 e. The first-order valence-corrected chi connectivity index (χ1v) is 29.2. The third-order valence-electron chi connectivity index (χ3n) is 13.7. The summed E-state index contributed by atoms with van der Waals surface area (Å²) in [5.74, 6) is -1.13. The smallest absolute Gasteiger partial charge is 0.347 e. The van der Waals surface area contributed by atoms with E-state index in [1.54, 1.807) is 41.9 Å². The minimum Gasteiger partial charge on any atom is -0.497 e. The molecular weight excluding hydrogens is 1090 g/mol. The second-order valence-corrected chi connectivity index (χ2v) is 23.1. The number of methoxy groups -OCH3 is 1. The Hall–Kier alpha value is -8.36. The maximum absolute atomic E-state index is 14.8. The van der Waals surface area contributed by atoms with Crippen LogP contribution >= 0.6 is 46.2 Å². The number of oxime groups is 1. The Bertz CT molecular complexity index is 3470. The van der Waals surface area contributed by atoms with E-state index in [-0.39, 0.29) is 36.1 Å². The third kappa shape index (κ3) is 11.5. The van der Waals surface area contributed by atoms with E-state index >= 15 is 0 Å². The molecule has 6 aromatic carbocycles. The molecule has 2 amide bonds. The van der Waals surface area contributed by atoms with E-state index in [9.17, 15) is 19.2 Å². The molecule has 0 bridgehead atoms. The monoisotopic (exact) mass is 1140 g/mol. The molecule has 11 rings (SSSR count). The van der Waals surface area contributed by atoms with Crippen molar-refractivity contribution in [2.75, 3.05) is 37.1 Å². The van der Waals surface area contributed by atoms with Crippen molar-refractivity contribution in [3.63, 3.8) is 0 Å². The number of nitrogens with zero attached hydrogens (tertiary/aromatic N) is 5. The van der Waals surface area contributed by atoms with Crippen LogP contribution in [0.3, 0.4) is 0 Å². The summed E-state index contributed by atoms with van der Waals surface area (Å²) in [7, 11) is 1.58. The predicted molar refractivity (Wildman–Crippen MR) is 312 cm³/mol. The lowest BCUT2D eigenvalue weighted by Crippen LogP contribution is -2.74. The van der Waals surface area contributed by atoms with Crippen LogP contribution in [0.15, 0.2) is 209 Å². The molecular formula is C61H51N7O8S4. The Morgan fingerprint density at radius 1 is 0.800 bits per heavy atom. The molecule has 0 radical (unpaired) electrons. The average Bonchev–Trinajstić information content (AvgIpc) is 4.31. The summed E-state index contributed by atoms with van der Waals surface area (Å²) in [5, 5.41) is 12.5. The van der Waals surface area contributed by atoms with Gasteiger partial charge in [-0.2, -0.15) is 0 Å². The van der Waals surface area contributed by atoms with Crippen molar-refractivity contribution >= 4 is 91.0 Å². The molecule has 402 valence electrons. The summed E-state index contributed by atoms with van der Waals surface area (Å²) < 4.78 is 19.0. The summed E-state index contributed by atoms with van der Waals surface area (Å²) in [4.78, 5) is 78.5. The van der Waals surface area contributed by atoms with Gasteiger partial charge in [0.05, 0.1) is 17.3 Å². The summed E-state index contributed by atoms with van der Waals surface area (Å²) in [6.07, 6.45) is 2.70. The van der Waals surface area contributed by atoms with Crippen LogP contribution in [0.1, 0.15) is 45.2 Å². The SMILES string of the molecule is COc1ccc(COC(=O)C2(CSc3nc4ccncc4s3)CS[C@@H]3C(NC(=O)C(=NOCC(=O)OC(c4ccccc4)c4ccccc4)c4csc(NC(c5ccccc5)(c5ccccc5)c5ccccc5)n4)C(=O)N3C2)cc1. The summed E-state index contributed by atoms with van der Waals surface area (Å²) in [6.45, 7) is -0.591. The van der Waals surface area contributed by atoms with Gasteiger partial charge in [0.2, 0.25) is 12.5 Å². The van der Waals surface area contributed by atoms with Crippen LogP contribution in [-0.4, -0.2) is 92.5 Å². The van der Waals surface area contributed by atoms with E-state index < -0.39 is 58.8 Å². The number of aromatic nitrogens is 3. The molecule has 2 aliphatic rings. The van der Waals surface area contributed by atoms with Gasteiger partial charge in [0.1, 0.15) is 40.4 Å². The quantitative estimate of drug-likeness (QED) is 0.0173. The molecule has 2 unspecified atom stereocenters. The number of pyridine rings is 1. The van der Waals surface area contributed by atoms with Crippen molar-refractivity contribution in [2.45, 2.75) is 34.0 Å². The van der Waals surface area contributed by atoms with Crippen LogP contribution in [0.2, 0.25) is 0 Å². The second-order valence-electron chi connectivity index (χ2n) is 18.9. The topological polar surface area (TPSA) is 184 Å². The van der Waals surface area contributed by atoms with Crippen LogP contribution in [-0.2, 0) is 45.6 Å². The number of nitrogens with one attached hydrogen (secondary N) is 2. The van der Waals surface area contributed by atoms with Gasteiger partial charge in [0.25, 0.3) is 5.91 Å². The summed E-state index contributed by atoms with van der Waals surface area (Å²) >= 11 is 5.53. The highest BCUT2D eigenvalue weighted by molar-refractivity contribution is 8.01. The number of rotatable bonds is 21. The number of esters is 2. The van der Waals surface area contributed by atoms with Gasteiger partial charge in [0.15, 0.2) is 21.3 Å². The molecule has 2 fully saturated rings. The normalized spacial score (nSPS) is 17.0. The van der Waals surface area contributed by atoms with Crippen LogP contribution in [0, 0.1) is 5.41 Å². The van der Waals surface area contributed by atoms with E-state index in [0.717, 1.165) is 47.9 Å². The molecule has 5 heterocycles. The van der Waals surface area contributed by atoms with Gasteiger partial charge in [-0.3, -0.25) is 19.4 Å². The Morgan fingerprint density at radius 3 is 2.01 bits per heavy atom. The fraction of sp³-hybridized carbons (Fsp3) is 0.180. The molecule has 2 saturated heterocycles. The molecule has 2 N–H and O–H groups in total. The Kier molecular flexibility index (Phi) is 16.3. The third-order valence-corrected chi connectivity index (χ3v) is 18.5. The number of fused-ring (bicyclic) bond motifs is 2. The zero-order valence-electron chi connectivity index (χ0n) is 43.0. The number of hydrogen-bond acceptors (Lipinski definition) is 17. The van der Waals surface area contributed by atoms with Crippen molar-refractivity contribution in [2.24, 2.45) is 10.6 Å². The van der Waals surface area contributed by atoms with Crippen molar-refractivity contribution in [3.8, 4) is 5.75 Å². The molecule has 2 aliphatic heterocycles. The first-order chi connectivity index (χ1) is 39.2. The molecule has 0 saturated carbocycles. The molecule has 0 spiro atoms. The molecule has 0 aliphatic carbocycles. The highest BCUT2D eigenvalue weighted by Gasteiger charge is 2.58. The summed E-state index contributed by atoms with van der Waals surface area (Å²) in [5.41, 5.74) is 3.66. The first-order valence-electron chi connectivity index (χ1n) is 25.5. The van der Waals surface area contributed by atoms with Crippen molar-refractivity contribution < 1.29 is 38.2 Å². The van der Waals surface area contributed by atoms with E-state index in [4.69, 9.17) is 29.0 Å².